The van der Waals surface area contributed by atoms with Crippen molar-refractivity contribution in [2.24, 2.45) is 0 Å². The Morgan fingerprint density at radius 2 is 1.89 bits per heavy atom. The molecule has 1 aromatic carbocycles. The summed E-state index contributed by atoms with van der Waals surface area (Å²) in [6.45, 7) is 12.2. The highest BCUT2D eigenvalue weighted by Crippen LogP contribution is 2.43. The second-order valence-electron chi connectivity index (χ2n) is 4.22. The summed E-state index contributed by atoms with van der Waals surface area (Å²) in [5.74, 6) is 0.562. The van der Waals surface area contributed by atoms with E-state index in [1.54, 1.807) is 0 Å². The molecule has 0 heteroatoms. The molecular formula is C18H24. The first-order chi connectivity index (χ1) is 8.79. The fourth-order valence-corrected chi connectivity index (χ4v) is 2.58. The minimum Gasteiger partial charge on any atom is -0.0991 e. The Morgan fingerprint density at radius 1 is 1.22 bits per heavy atom. The molecule has 0 aromatic heterocycles. The lowest BCUT2D eigenvalue weighted by atomic mass is 9.93. The zero-order valence-electron chi connectivity index (χ0n) is 12.0. The number of hydrogen-bond acceptors (Lipinski definition) is 0. The fraction of sp³-hybridized carbons (Fsp3) is 0.333. The minimum atomic E-state index is 0.562. The van der Waals surface area contributed by atoms with E-state index in [0.29, 0.717) is 5.92 Å². The van der Waals surface area contributed by atoms with E-state index in [4.69, 9.17) is 0 Å². The number of hydrogen-bond donors (Lipinski definition) is 0. The summed E-state index contributed by atoms with van der Waals surface area (Å²) in [5.41, 5.74) is 5.76. The predicted molar refractivity (Wildman–Crippen MR) is 82.8 cm³/mol. The number of fused-ring (bicyclic) bond motifs is 1. The third-order valence-electron chi connectivity index (χ3n) is 3.37. The summed E-state index contributed by atoms with van der Waals surface area (Å²) in [6, 6.07) is 8.73. The van der Waals surface area contributed by atoms with E-state index in [1.807, 2.05) is 26.0 Å². The van der Waals surface area contributed by atoms with Crippen LogP contribution in [0.2, 0.25) is 0 Å². The van der Waals surface area contributed by atoms with E-state index in [-0.39, 0.29) is 0 Å². The van der Waals surface area contributed by atoms with Crippen molar-refractivity contribution in [1.29, 1.82) is 0 Å². The van der Waals surface area contributed by atoms with Crippen molar-refractivity contribution in [2.75, 3.05) is 0 Å². The van der Waals surface area contributed by atoms with Gasteiger partial charge in [-0.25, -0.2) is 0 Å². The van der Waals surface area contributed by atoms with Crippen molar-refractivity contribution >= 4 is 5.57 Å². The van der Waals surface area contributed by atoms with Crippen LogP contribution in [0.5, 0.6) is 0 Å². The zero-order valence-corrected chi connectivity index (χ0v) is 12.0. The SMILES string of the molecule is C=C/C=C\C1=C(C)c2ccccc2C1CC.CC. The molecule has 1 unspecified atom stereocenters. The lowest BCUT2D eigenvalue weighted by molar-refractivity contribution is 0.791. The van der Waals surface area contributed by atoms with Crippen molar-refractivity contribution in [3.63, 3.8) is 0 Å². The quantitative estimate of drug-likeness (QED) is 0.591. The van der Waals surface area contributed by atoms with Gasteiger partial charge in [0.25, 0.3) is 0 Å². The van der Waals surface area contributed by atoms with Crippen LogP contribution in [0.15, 0.2) is 54.6 Å². The van der Waals surface area contributed by atoms with Crippen molar-refractivity contribution in [3.8, 4) is 0 Å². The van der Waals surface area contributed by atoms with Crippen LogP contribution in [-0.4, -0.2) is 0 Å². The molecular weight excluding hydrogens is 216 g/mol. The van der Waals surface area contributed by atoms with Crippen LogP contribution in [0.25, 0.3) is 5.57 Å². The average Bonchev–Trinajstić information content (AvgIpc) is 2.71. The van der Waals surface area contributed by atoms with Gasteiger partial charge in [0.15, 0.2) is 0 Å². The summed E-state index contributed by atoms with van der Waals surface area (Å²) in [4.78, 5) is 0. The molecule has 18 heavy (non-hydrogen) atoms. The van der Waals surface area contributed by atoms with Crippen LogP contribution in [0, 0.1) is 0 Å². The second-order valence-corrected chi connectivity index (χ2v) is 4.22. The Kier molecular flexibility index (Phi) is 5.64. The van der Waals surface area contributed by atoms with Crippen molar-refractivity contribution < 1.29 is 0 Å². The van der Waals surface area contributed by atoms with Crippen LogP contribution < -0.4 is 0 Å². The number of allylic oxidation sites excluding steroid dienone is 5. The number of benzene rings is 1. The molecule has 2 rings (SSSR count). The van der Waals surface area contributed by atoms with E-state index in [1.165, 1.54) is 22.3 Å². The van der Waals surface area contributed by atoms with Gasteiger partial charge in [0.05, 0.1) is 0 Å². The van der Waals surface area contributed by atoms with Crippen LogP contribution in [0.4, 0.5) is 0 Å². The molecule has 0 heterocycles. The standard InChI is InChI=1S/C16H18.C2H6/c1-4-6-9-14-12(3)15-10-7-8-11-16(15)13(14)5-2;1-2/h4,6-11,13H,1,5H2,2-3H3;1-2H3/b9-6-;. The van der Waals surface area contributed by atoms with Crippen LogP contribution in [-0.2, 0) is 0 Å². The van der Waals surface area contributed by atoms with Crippen molar-refractivity contribution in [3.05, 3.63) is 65.8 Å². The van der Waals surface area contributed by atoms with E-state index < -0.39 is 0 Å². The third kappa shape index (κ3) is 2.64. The Morgan fingerprint density at radius 3 is 2.50 bits per heavy atom. The maximum Gasteiger partial charge on any atom is 0.00955 e. The van der Waals surface area contributed by atoms with Gasteiger partial charge < -0.3 is 0 Å². The number of rotatable bonds is 3. The Hall–Kier alpha value is -1.56. The molecule has 0 saturated heterocycles. The summed E-state index contributed by atoms with van der Waals surface area (Å²) in [5, 5.41) is 0. The fourth-order valence-electron chi connectivity index (χ4n) is 2.58. The molecule has 0 aliphatic heterocycles. The highest BCUT2D eigenvalue weighted by atomic mass is 14.3. The van der Waals surface area contributed by atoms with Gasteiger partial charge in [-0.15, -0.1) is 0 Å². The van der Waals surface area contributed by atoms with E-state index in [9.17, 15) is 0 Å². The molecule has 0 nitrogen and oxygen atoms in total. The van der Waals surface area contributed by atoms with Crippen LogP contribution in [0.1, 0.15) is 51.2 Å². The van der Waals surface area contributed by atoms with Crippen LogP contribution >= 0.6 is 0 Å². The molecule has 0 N–H and O–H groups in total. The second kappa shape index (κ2) is 7.00. The van der Waals surface area contributed by atoms with E-state index >= 15 is 0 Å². The van der Waals surface area contributed by atoms with Gasteiger partial charge in [-0.05, 0) is 35.6 Å². The average molecular weight is 240 g/mol. The molecule has 0 bridgehead atoms. The topological polar surface area (TPSA) is 0 Å². The molecule has 0 amide bonds. The smallest absolute Gasteiger partial charge is 0.00955 e. The summed E-state index contributed by atoms with van der Waals surface area (Å²) >= 11 is 0. The van der Waals surface area contributed by atoms with Gasteiger partial charge in [-0.3, -0.25) is 0 Å². The van der Waals surface area contributed by atoms with Gasteiger partial charge in [-0.1, -0.05) is 69.8 Å². The normalized spacial score (nSPS) is 17.4. The Balaban J connectivity index is 0.000000771. The highest BCUT2D eigenvalue weighted by Gasteiger charge is 2.25. The molecule has 0 spiro atoms. The first-order valence-electron chi connectivity index (χ1n) is 6.88. The van der Waals surface area contributed by atoms with E-state index in [2.05, 4.69) is 50.8 Å². The Labute approximate surface area is 112 Å². The van der Waals surface area contributed by atoms with Gasteiger partial charge in [0.1, 0.15) is 0 Å². The van der Waals surface area contributed by atoms with E-state index in [0.717, 1.165) is 6.42 Å². The molecule has 0 fully saturated rings. The molecule has 1 aliphatic rings. The van der Waals surface area contributed by atoms with Crippen molar-refractivity contribution in [1.82, 2.24) is 0 Å². The molecule has 0 radical (unpaired) electrons. The maximum atomic E-state index is 3.74. The molecule has 1 aromatic rings. The Bertz CT molecular complexity index is 461. The molecule has 1 atom stereocenters. The summed E-state index contributed by atoms with van der Waals surface area (Å²) in [7, 11) is 0. The lowest BCUT2D eigenvalue weighted by Crippen LogP contribution is -1.94. The van der Waals surface area contributed by atoms with Gasteiger partial charge in [0.2, 0.25) is 0 Å². The molecule has 1 aliphatic carbocycles. The largest absolute Gasteiger partial charge is 0.0991 e. The monoisotopic (exact) mass is 240 g/mol. The molecule has 96 valence electrons. The summed E-state index contributed by atoms with van der Waals surface area (Å²) in [6.07, 6.45) is 7.24. The molecule has 0 saturated carbocycles. The first-order valence-corrected chi connectivity index (χ1v) is 6.88. The predicted octanol–water partition coefficient (Wildman–Crippen LogP) is 5.74. The zero-order chi connectivity index (χ0) is 13.5. The van der Waals surface area contributed by atoms with Crippen molar-refractivity contribution in [2.45, 2.75) is 40.0 Å². The van der Waals surface area contributed by atoms with Crippen LogP contribution in [0.3, 0.4) is 0 Å². The minimum absolute atomic E-state index is 0.562. The van der Waals surface area contributed by atoms with Gasteiger partial charge in [0, 0.05) is 5.92 Å². The van der Waals surface area contributed by atoms with Gasteiger partial charge >= 0.3 is 0 Å². The van der Waals surface area contributed by atoms with Gasteiger partial charge in [-0.2, -0.15) is 0 Å². The first kappa shape index (κ1) is 14.5. The maximum absolute atomic E-state index is 3.74. The lowest BCUT2D eigenvalue weighted by Gasteiger charge is -2.11. The third-order valence-corrected chi connectivity index (χ3v) is 3.37. The summed E-state index contributed by atoms with van der Waals surface area (Å²) < 4.78 is 0. The highest BCUT2D eigenvalue weighted by molar-refractivity contribution is 5.79.